The van der Waals surface area contributed by atoms with Crippen molar-refractivity contribution in [3.63, 3.8) is 0 Å². The molecule has 0 saturated heterocycles. The number of hydrogen-bond donors (Lipinski definition) is 1. The van der Waals surface area contributed by atoms with Crippen LogP contribution in [0.15, 0.2) is 0 Å². The predicted octanol–water partition coefficient (Wildman–Crippen LogP) is 0.587. The van der Waals surface area contributed by atoms with Crippen LogP contribution in [0.3, 0.4) is 0 Å². The standard InChI is InChI=1S/C5H15NO2Si/c1-4-7-9(3,6)8-5-2/h4-6H2,1-3H3. The van der Waals surface area contributed by atoms with Crippen LogP contribution in [0.4, 0.5) is 0 Å². The minimum absolute atomic E-state index is 0.638. The lowest BCUT2D eigenvalue weighted by Crippen LogP contribution is -2.49. The smallest absolute Gasteiger partial charge is 0.383 e. The molecule has 0 atom stereocenters. The van der Waals surface area contributed by atoms with Crippen LogP contribution in [0.1, 0.15) is 13.8 Å². The summed E-state index contributed by atoms with van der Waals surface area (Å²) in [6.07, 6.45) is 0. The van der Waals surface area contributed by atoms with Gasteiger partial charge >= 0.3 is 8.72 Å². The molecule has 0 saturated carbocycles. The Morgan fingerprint density at radius 3 is 1.78 bits per heavy atom. The summed E-state index contributed by atoms with van der Waals surface area (Å²) in [7, 11) is -2.20. The third kappa shape index (κ3) is 4.59. The molecule has 0 aliphatic rings. The molecule has 4 heteroatoms. The molecule has 56 valence electrons. The van der Waals surface area contributed by atoms with E-state index in [9.17, 15) is 0 Å². The van der Waals surface area contributed by atoms with E-state index in [2.05, 4.69) is 0 Å². The second-order valence-electron chi connectivity index (χ2n) is 1.88. The van der Waals surface area contributed by atoms with Gasteiger partial charge in [0.2, 0.25) is 0 Å². The molecule has 2 N–H and O–H groups in total. The quantitative estimate of drug-likeness (QED) is 0.595. The molecule has 0 aromatic rings. The first-order valence-corrected chi connectivity index (χ1v) is 5.58. The molecular weight excluding hydrogens is 134 g/mol. The number of hydrogen-bond acceptors (Lipinski definition) is 3. The van der Waals surface area contributed by atoms with E-state index in [1.807, 2.05) is 20.4 Å². The zero-order valence-corrected chi connectivity index (χ0v) is 7.31. The van der Waals surface area contributed by atoms with Crippen molar-refractivity contribution in [2.75, 3.05) is 13.2 Å². The fraction of sp³-hybridized carbons (Fsp3) is 1.00. The Morgan fingerprint density at radius 1 is 1.22 bits per heavy atom. The highest BCUT2D eigenvalue weighted by atomic mass is 28.4. The Balaban J connectivity index is 3.43. The van der Waals surface area contributed by atoms with E-state index in [0.717, 1.165) is 0 Å². The third-order valence-electron chi connectivity index (χ3n) is 0.862. The van der Waals surface area contributed by atoms with E-state index >= 15 is 0 Å². The van der Waals surface area contributed by atoms with Crippen LogP contribution < -0.4 is 5.40 Å². The maximum atomic E-state index is 5.63. The zero-order chi connectivity index (χ0) is 7.33. The summed E-state index contributed by atoms with van der Waals surface area (Å²) in [4.78, 5) is 0. The molecule has 0 bridgehead atoms. The van der Waals surface area contributed by atoms with Gasteiger partial charge in [0, 0.05) is 13.2 Å². The molecule has 0 aromatic carbocycles. The number of nitrogens with two attached hydrogens (primary N) is 1. The third-order valence-corrected chi connectivity index (χ3v) is 2.59. The molecule has 0 fully saturated rings. The Bertz CT molecular complexity index is 69.4. The lowest BCUT2D eigenvalue weighted by atomic mass is 10.9. The van der Waals surface area contributed by atoms with Gasteiger partial charge in [-0.2, -0.15) is 0 Å². The van der Waals surface area contributed by atoms with Gasteiger partial charge < -0.3 is 14.3 Å². The summed E-state index contributed by atoms with van der Waals surface area (Å²) in [6.45, 7) is 6.94. The number of rotatable bonds is 4. The van der Waals surface area contributed by atoms with E-state index in [-0.39, 0.29) is 0 Å². The van der Waals surface area contributed by atoms with Gasteiger partial charge in [0.25, 0.3) is 0 Å². The largest absolute Gasteiger partial charge is 0.419 e. The van der Waals surface area contributed by atoms with E-state index in [1.165, 1.54) is 0 Å². The van der Waals surface area contributed by atoms with Crippen molar-refractivity contribution >= 4 is 8.72 Å². The minimum Gasteiger partial charge on any atom is -0.383 e. The highest BCUT2D eigenvalue weighted by Crippen LogP contribution is 1.96. The van der Waals surface area contributed by atoms with Gasteiger partial charge in [-0.05, 0) is 20.4 Å². The molecule has 0 spiro atoms. The highest BCUT2D eigenvalue weighted by molar-refractivity contribution is 6.62. The van der Waals surface area contributed by atoms with Crippen molar-refractivity contribution in [1.29, 1.82) is 0 Å². The van der Waals surface area contributed by atoms with Gasteiger partial charge in [-0.25, -0.2) is 0 Å². The summed E-state index contributed by atoms with van der Waals surface area (Å²) in [5, 5.41) is 5.63. The van der Waals surface area contributed by atoms with Gasteiger partial charge in [-0.1, -0.05) is 0 Å². The molecule has 3 nitrogen and oxygen atoms in total. The second-order valence-corrected chi connectivity index (χ2v) is 4.49. The van der Waals surface area contributed by atoms with E-state index in [4.69, 9.17) is 14.3 Å². The molecule has 0 aliphatic heterocycles. The van der Waals surface area contributed by atoms with Crippen LogP contribution in [0, 0.1) is 0 Å². The first-order valence-electron chi connectivity index (χ1n) is 3.19. The zero-order valence-electron chi connectivity index (χ0n) is 6.31. The fourth-order valence-electron chi connectivity index (χ4n) is 0.615. The van der Waals surface area contributed by atoms with E-state index in [0.29, 0.717) is 13.2 Å². The van der Waals surface area contributed by atoms with Crippen LogP contribution in [0.5, 0.6) is 0 Å². The van der Waals surface area contributed by atoms with Crippen LogP contribution in [-0.4, -0.2) is 21.9 Å². The molecule has 0 unspecified atom stereocenters. The lowest BCUT2D eigenvalue weighted by molar-refractivity contribution is 0.190. The van der Waals surface area contributed by atoms with Gasteiger partial charge in [0.1, 0.15) is 0 Å². The van der Waals surface area contributed by atoms with Crippen molar-refractivity contribution in [1.82, 2.24) is 0 Å². The van der Waals surface area contributed by atoms with Crippen molar-refractivity contribution in [3.8, 4) is 0 Å². The van der Waals surface area contributed by atoms with E-state index in [1.54, 1.807) is 0 Å². The van der Waals surface area contributed by atoms with Crippen molar-refractivity contribution in [3.05, 3.63) is 0 Å². The fourth-order valence-corrected chi connectivity index (χ4v) is 1.84. The van der Waals surface area contributed by atoms with Crippen LogP contribution >= 0.6 is 0 Å². The van der Waals surface area contributed by atoms with Gasteiger partial charge in [0.05, 0.1) is 0 Å². The Kier molecular flexibility index (Phi) is 4.04. The minimum atomic E-state index is -2.20. The molecule has 0 heterocycles. The highest BCUT2D eigenvalue weighted by Gasteiger charge is 2.24. The Morgan fingerprint density at radius 2 is 1.56 bits per heavy atom. The van der Waals surface area contributed by atoms with Crippen LogP contribution in [0.2, 0.25) is 6.55 Å². The Labute approximate surface area is 57.5 Å². The second kappa shape index (κ2) is 4.00. The average molecular weight is 149 g/mol. The van der Waals surface area contributed by atoms with Gasteiger partial charge in [-0.15, -0.1) is 0 Å². The van der Waals surface area contributed by atoms with Crippen LogP contribution in [-0.2, 0) is 8.85 Å². The topological polar surface area (TPSA) is 44.5 Å². The molecule has 0 radical (unpaired) electrons. The molecule has 0 amide bonds. The molecule has 0 aromatic heterocycles. The van der Waals surface area contributed by atoms with Gasteiger partial charge in [-0.3, -0.25) is 0 Å². The summed E-state index contributed by atoms with van der Waals surface area (Å²) < 4.78 is 10.3. The average Bonchev–Trinajstić information content (AvgIpc) is 1.64. The molecule has 9 heavy (non-hydrogen) atoms. The van der Waals surface area contributed by atoms with Crippen LogP contribution in [0.25, 0.3) is 0 Å². The summed E-state index contributed by atoms with van der Waals surface area (Å²) in [6, 6.07) is 0. The van der Waals surface area contributed by atoms with Crippen molar-refractivity contribution in [2.24, 2.45) is 5.40 Å². The van der Waals surface area contributed by atoms with Crippen molar-refractivity contribution in [2.45, 2.75) is 20.4 Å². The summed E-state index contributed by atoms with van der Waals surface area (Å²) in [5.74, 6) is 0. The maximum Gasteiger partial charge on any atom is 0.419 e. The first kappa shape index (κ1) is 9.10. The monoisotopic (exact) mass is 149 g/mol. The lowest BCUT2D eigenvalue weighted by Gasteiger charge is -2.19. The van der Waals surface area contributed by atoms with E-state index < -0.39 is 8.72 Å². The molecule has 0 rings (SSSR count). The summed E-state index contributed by atoms with van der Waals surface area (Å²) >= 11 is 0. The molecule has 0 aliphatic carbocycles. The first-order chi connectivity index (χ1) is 4.12. The van der Waals surface area contributed by atoms with Crippen molar-refractivity contribution < 1.29 is 8.85 Å². The molecular formula is C5H15NO2Si. The van der Waals surface area contributed by atoms with Gasteiger partial charge in [0.15, 0.2) is 0 Å². The maximum absolute atomic E-state index is 5.63. The summed E-state index contributed by atoms with van der Waals surface area (Å²) in [5.41, 5.74) is 0. The Hall–Kier alpha value is 0.0969. The predicted molar refractivity (Wildman–Crippen MR) is 39.1 cm³/mol. The normalized spacial score (nSPS) is 12.0. The SMILES string of the molecule is CCO[Si](C)(N)OCC.